The van der Waals surface area contributed by atoms with Crippen molar-refractivity contribution in [3.05, 3.63) is 21.9 Å². The number of rotatable bonds is 4. The van der Waals surface area contributed by atoms with Crippen LogP contribution in [0.2, 0.25) is 0 Å². The van der Waals surface area contributed by atoms with Gasteiger partial charge in [-0.15, -0.1) is 11.3 Å². The first kappa shape index (κ1) is 14.0. The normalized spacial score (nSPS) is 27.3. The monoisotopic (exact) mass is 268 g/mol. The van der Waals surface area contributed by atoms with E-state index in [1.165, 1.54) is 9.75 Å². The van der Waals surface area contributed by atoms with Gasteiger partial charge in [0.25, 0.3) is 0 Å². The summed E-state index contributed by atoms with van der Waals surface area (Å²) >= 11 is 1.90. The third kappa shape index (κ3) is 3.12. The lowest BCUT2D eigenvalue weighted by molar-refractivity contribution is -0.0795. The van der Waals surface area contributed by atoms with E-state index in [-0.39, 0.29) is 0 Å². The highest BCUT2D eigenvalue weighted by molar-refractivity contribution is 7.12. The van der Waals surface area contributed by atoms with E-state index < -0.39 is 0 Å². The molecule has 3 atom stereocenters. The minimum absolute atomic E-state index is 0.299. The van der Waals surface area contributed by atoms with E-state index in [1.807, 2.05) is 11.3 Å². The van der Waals surface area contributed by atoms with Gasteiger partial charge in [0.2, 0.25) is 0 Å². The number of ether oxygens (including phenoxy) is 1. The Morgan fingerprint density at radius 3 is 2.56 bits per heavy atom. The van der Waals surface area contributed by atoms with Gasteiger partial charge in [0, 0.05) is 29.4 Å². The van der Waals surface area contributed by atoms with Crippen molar-refractivity contribution in [1.82, 2.24) is 4.90 Å². The fourth-order valence-corrected chi connectivity index (χ4v) is 3.78. The van der Waals surface area contributed by atoms with Crippen LogP contribution in [0.25, 0.3) is 0 Å². The van der Waals surface area contributed by atoms with Crippen LogP contribution in [-0.4, -0.2) is 36.7 Å². The van der Waals surface area contributed by atoms with Crippen molar-refractivity contribution in [2.75, 3.05) is 19.6 Å². The van der Waals surface area contributed by atoms with E-state index >= 15 is 0 Å². The Morgan fingerprint density at radius 1 is 1.39 bits per heavy atom. The van der Waals surface area contributed by atoms with Crippen molar-refractivity contribution in [1.29, 1.82) is 0 Å². The van der Waals surface area contributed by atoms with Crippen molar-refractivity contribution in [2.24, 2.45) is 5.73 Å². The summed E-state index contributed by atoms with van der Waals surface area (Å²) < 4.78 is 5.79. The molecule has 1 fully saturated rings. The Bertz CT molecular complexity index is 370. The highest BCUT2D eigenvalue weighted by Crippen LogP contribution is 2.29. The lowest BCUT2D eigenvalue weighted by atomic mass is 10.1. The summed E-state index contributed by atoms with van der Waals surface area (Å²) in [6.07, 6.45) is 1.71. The van der Waals surface area contributed by atoms with Crippen LogP contribution in [0.15, 0.2) is 12.1 Å². The molecule has 102 valence electrons. The zero-order valence-corrected chi connectivity index (χ0v) is 12.4. The summed E-state index contributed by atoms with van der Waals surface area (Å²) in [4.78, 5) is 5.32. The Morgan fingerprint density at radius 2 is 2.06 bits per heavy atom. The zero-order chi connectivity index (χ0) is 13.1. The number of morpholine rings is 1. The highest BCUT2D eigenvalue weighted by Gasteiger charge is 2.28. The quantitative estimate of drug-likeness (QED) is 0.911. The van der Waals surface area contributed by atoms with Crippen molar-refractivity contribution in [2.45, 2.75) is 45.4 Å². The van der Waals surface area contributed by atoms with E-state index in [1.54, 1.807) is 0 Å². The van der Waals surface area contributed by atoms with Crippen LogP contribution in [0.3, 0.4) is 0 Å². The zero-order valence-electron chi connectivity index (χ0n) is 11.6. The molecule has 1 unspecified atom stereocenters. The minimum atomic E-state index is 0.299. The molecule has 2 rings (SSSR count). The second-order valence-electron chi connectivity index (χ2n) is 5.12. The van der Waals surface area contributed by atoms with E-state index in [0.717, 1.165) is 19.5 Å². The SMILES string of the molecule is CCc1ccc(C(CN)N2C[C@@H](C)O[C@@H](C)C2)s1. The number of aryl methyl sites for hydroxylation is 1. The van der Waals surface area contributed by atoms with Gasteiger partial charge in [-0.2, -0.15) is 0 Å². The number of nitrogens with two attached hydrogens (primary N) is 1. The molecule has 1 aromatic heterocycles. The molecule has 1 aromatic rings. The summed E-state index contributed by atoms with van der Waals surface area (Å²) in [5, 5.41) is 0. The molecule has 1 aliphatic heterocycles. The molecule has 0 bridgehead atoms. The first-order valence-electron chi connectivity index (χ1n) is 6.82. The average Bonchev–Trinajstić information content (AvgIpc) is 2.77. The fourth-order valence-electron chi connectivity index (χ4n) is 2.68. The van der Waals surface area contributed by atoms with Crippen LogP contribution in [0, 0.1) is 0 Å². The van der Waals surface area contributed by atoms with Crippen LogP contribution < -0.4 is 5.73 Å². The van der Waals surface area contributed by atoms with Gasteiger partial charge in [0.05, 0.1) is 18.2 Å². The van der Waals surface area contributed by atoms with Crippen molar-refractivity contribution >= 4 is 11.3 Å². The lowest BCUT2D eigenvalue weighted by Gasteiger charge is -2.39. The van der Waals surface area contributed by atoms with Gasteiger partial charge in [-0.3, -0.25) is 4.90 Å². The molecule has 2 heterocycles. The molecule has 18 heavy (non-hydrogen) atoms. The highest BCUT2D eigenvalue weighted by atomic mass is 32.1. The molecule has 0 spiro atoms. The predicted octanol–water partition coefficient (Wildman–Crippen LogP) is 2.42. The van der Waals surface area contributed by atoms with Gasteiger partial charge in [0.1, 0.15) is 0 Å². The topological polar surface area (TPSA) is 38.5 Å². The van der Waals surface area contributed by atoms with Gasteiger partial charge < -0.3 is 10.5 Å². The molecular weight excluding hydrogens is 244 g/mol. The molecule has 0 aromatic carbocycles. The maximum atomic E-state index is 6.00. The number of thiophene rings is 1. The summed E-state index contributed by atoms with van der Waals surface area (Å²) in [6, 6.07) is 4.83. The van der Waals surface area contributed by atoms with Crippen molar-refractivity contribution in [3.8, 4) is 0 Å². The molecule has 3 nitrogen and oxygen atoms in total. The lowest BCUT2D eigenvalue weighted by Crippen LogP contribution is -2.48. The molecule has 2 N–H and O–H groups in total. The van der Waals surface area contributed by atoms with Crippen LogP contribution in [-0.2, 0) is 11.2 Å². The number of nitrogens with zero attached hydrogens (tertiary/aromatic N) is 1. The third-order valence-corrected chi connectivity index (χ3v) is 4.80. The summed E-state index contributed by atoms with van der Waals surface area (Å²) in [7, 11) is 0. The Balaban J connectivity index is 2.12. The van der Waals surface area contributed by atoms with Crippen LogP contribution in [0.1, 0.15) is 36.6 Å². The molecule has 4 heteroatoms. The first-order chi connectivity index (χ1) is 8.63. The van der Waals surface area contributed by atoms with Gasteiger partial charge in [-0.05, 0) is 32.4 Å². The van der Waals surface area contributed by atoms with Crippen LogP contribution in [0.4, 0.5) is 0 Å². The minimum Gasteiger partial charge on any atom is -0.373 e. The Labute approximate surface area is 114 Å². The third-order valence-electron chi connectivity index (χ3n) is 3.47. The van der Waals surface area contributed by atoms with E-state index in [4.69, 9.17) is 10.5 Å². The molecule has 0 amide bonds. The maximum Gasteiger partial charge on any atom is 0.0678 e. The van der Waals surface area contributed by atoms with Gasteiger partial charge in [-0.25, -0.2) is 0 Å². The summed E-state index contributed by atoms with van der Waals surface area (Å²) in [6.45, 7) is 9.12. The molecular formula is C14H24N2OS. The predicted molar refractivity (Wildman–Crippen MR) is 77.1 cm³/mol. The molecule has 1 aliphatic rings. The van der Waals surface area contributed by atoms with E-state index in [0.29, 0.717) is 24.8 Å². The average molecular weight is 268 g/mol. The largest absolute Gasteiger partial charge is 0.373 e. The molecule has 0 saturated carbocycles. The van der Waals surface area contributed by atoms with Gasteiger partial charge >= 0.3 is 0 Å². The summed E-state index contributed by atoms with van der Waals surface area (Å²) in [5.41, 5.74) is 6.00. The molecule has 0 aliphatic carbocycles. The Kier molecular flexibility index (Phi) is 4.78. The molecule has 1 saturated heterocycles. The second-order valence-corrected chi connectivity index (χ2v) is 6.32. The number of hydrogen-bond acceptors (Lipinski definition) is 4. The fraction of sp³-hybridized carbons (Fsp3) is 0.714. The second kappa shape index (κ2) is 6.15. The van der Waals surface area contributed by atoms with Crippen molar-refractivity contribution in [3.63, 3.8) is 0 Å². The van der Waals surface area contributed by atoms with E-state index in [9.17, 15) is 0 Å². The molecule has 0 radical (unpaired) electrons. The summed E-state index contributed by atoms with van der Waals surface area (Å²) in [5.74, 6) is 0. The smallest absolute Gasteiger partial charge is 0.0678 e. The standard InChI is InChI=1S/C14H24N2OS/c1-4-12-5-6-14(18-12)13(7-15)16-8-10(2)17-11(3)9-16/h5-6,10-11,13H,4,7-9,15H2,1-3H3/t10-,11+,13?. The van der Waals surface area contributed by atoms with E-state index in [2.05, 4.69) is 37.8 Å². The Hall–Kier alpha value is -0.420. The van der Waals surface area contributed by atoms with Crippen molar-refractivity contribution < 1.29 is 4.74 Å². The first-order valence-corrected chi connectivity index (χ1v) is 7.63. The maximum absolute atomic E-state index is 6.00. The van der Waals surface area contributed by atoms with Gasteiger partial charge in [-0.1, -0.05) is 6.92 Å². The van der Waals surface area contributed by atoms with Crippen LogP contribution in [0.5, 0.6) is 0 Å². The van der Waals surface area contributed by atoms with Crippen LogP contribution >= 0.6 is 11.3 Å². The van der Waals surface area contributed by atoms with Gasteiger partial charge in [0.15, 0.2) is 0 Å². The number of hydrogen-bond donors (Lipinski definition) is 1.